The minimum Gasteiger partial charge on any atom is -0.450 e. The highest BCUT2D eigenvalue weighted by molar-refractivity contribution is 7.98. The van der Waals surface area contributed by atoms with E-state index in [4.69, 9.17) is 9.84 Å². The van der Waals surface area contributed by atoms with Crippen LogP contribution >= 0.6 is 11.8 Å². The highest BCUT2D eigenvalue weighted by Crippen LogP contribution is 1.91. The molecule has 0 rings (SSSR count). The van der Waals surface area contributed by atoms with Crippen LogP contribution in [0.3, 0.4) is 0 Å². The van der Waals surface area contributed by atoms with Crippen LogP contribution in [0.2, 0.25) is 0 Å². The first-order chi connectivity index (χ1) is 4.77. The van der Waals surface area contributed by atoms with Gasteiger partial charge in [-0.25, -0.2) is 4.79 Å². The topological polar surface area (TPSA) is 55.8 Å². The SMILES string of the molecule is CSCOCCOC(=O)O. The second-order valence-corrected chi connectivity index (χ2v) is 2.24. The largest absolute Gasteiger partial charge is 0.505 e. The van der Waals surface area contributed by atoms with Crippen LogP contribution in [0.25, 0.3) is 0 Å². The van der Waals surface area contributed by atoms with Gasteiger partial charge in [0.15, 0.2) is 0 Å². The van der Waals surface area contributed by atoms with Crippen molar-refractivity contribution in [3.8, 4) is 0 Å². The molecule has 0 saturated heterocycles. The first-order valence-electron chi connectivity index (χ1n) is 2.69. The Hall–Kier alpha value is -0.420. The summed E-state index contributed by atoms with van der Waals surface area (Å²) in [5.74, 6) is 0.572. The summed E-state index contributed by atoms with van der Waals surface area (Å²) in [5.41, 5.74) is 0. The molecule has 0 radical (unpaired) electrons. The molecule has 4 nitrogen and oxygen atoms in total. The van der Waals surface area contributed by atoms with Gasteiger partial charge in [0.2, 0.25) is 0 Å². The Morgan fingerprint density at radius 2 is 2.30 bits per heavy atom. The van der Waals surface area contributed by atoms with E-state index in [0.717, 1.165) is 0 Å². The highest BCUT2D eigenvalue weighted by atomic mass is 32.2. The number of carbonyl (C=O) groups is 1. The second-order valence-electron chi connectivity index (χ2n) is 1.43. The molecule has 0 atom stereocenters. The Balaban J connectivity index is 2.84. The van der Waals surface area contributed by atoms with Crippen LogP contribution < -0.4 is 0 Å². The first-order valence-corrected chi connectivity index (χ1v) is 4.09. The van der Waals surface area contributed by atoms with Crippen LogP contribution in [0.4, 0.5) is 4.79 Å². The van der Waals surface area contributed by atoms with Crippen LogP contribution in [0.1, 0.15) is 0 Å². The van der Waals surface area contributed by atoms with E-state index >= 15 is 0 Å². The molecule has 1 N–H and O–H groups in total. The lowest BCUT2D eigenvalue weighted by atomic mass is 10.8. The fourth-order valence-corrected chi connectivity index (χ4v) is 0.615. The molecule has 0 spiro atoms. The van der Waals surface area contributed by atoms with Gasteiger partial charge in [0, 0.05) is 0 Å². The fraction of sp³-hybridized carbons (Fsp3) is 0.800. The second kappa shape index (κ2) is 6.70. The molecule has 0 amide bonds. The van der Waals surface area contributed by atoms with Crippen molar-refractivity contribution in [2.45, 2.75) is 0 Å². The van der Waals surface area contributed by atoms with Gasteiger partial charge in [-0.1, -0.05) is 0 Å². The van der Waals surface area contributed by atoms with Crippen molar-refractivity contribution >= 4 is 17.9 Å². The molecular weight excluding hydrogens is 156 g/mol. The zero-order valence-corrected chi connectivity index (χ0v) is 6.52. The van der Waals surface area contributed by atoms with Crippen LogP contribution in [0.15, 0.2) is 0 Å². The molecule has 0 aliphatic carbocycles. The molecule has 0 aromatic rings. The minimum atomic E-state index is -1.26. The Bertz CT molecular complexity index is 95.6. The van der Waals surface area contributed by atoms with Crippen LogP contribution in [-0.4, -0.2) is 36.7 Å². The molecule has 0 bridgehead atoms. The lowest BCUT2D eigenvalue weighted by Gasteiger charge is -2.00. The van der Waals surface area contributed by atoms with E-state index in [9.17, 15) is 4.79 Å². The van der Waals surface area contributed by atoms with Gasteiger partial charge < -0.3 is 14.6 Å². The zero-order chi connectivity index (χ0) is 7.82. The van der Waals surface area contributed by atoms with Crippen molar-refractivity contribution in [3.05, 3.63) is 0 Å². The summed E-state index contributed by atoms with van der Waals surface area (Å²) in [6, 6.07) is 0. The van der Waals surface area contributed by atoms with Crippen LogP contribution in [-0.2, 0) is 9.47 Å². The van der Waals surface area contributed by atoms with Crippen molar-refractivity contribution in [1.29, 1.82) is 0 Å². The Labute approximate surface area is 63.5 Å². The summed E-state index contributed by atoms with van der Waals surface area (Å²) < 4.78 is 9.08. The monoisotopic (exact) mass is 166 g/mol. The third-order valence-corrected chi connectivity index (χ3v) is 1.06. The molecule has 0 aliphatic rings. The molecule has 0 heterocycles. The molecule has 5 heteroatoms. The van der Waals surface area contributed by atoms with Crippen molar-refractivity contribution in [2.75, 3.05) is 25.4 Å². The van der Waals surface area contributed by atoms with Gasteiger partial charge in [0.1, 0.15) is 6.61 Å². The molecule has 0 saturated carbocycles. The molecule has 0 fully saturated rings. The minimum absolute atomic E-state index is 0.107. The third-order valence-electron chi connectivity index (χ3n) is 0.654. The predicted molar refractivity (Wildman–Crippen MR) is 38.3 cm³/mol. The Morgan fingerprint density at radius 1 is 1.60 bits per heavy atom. The van der Waals surface area contributed by atoms with Gasteiger partial charge in [0.05, 0.1) is 12.5 Å². The molecule has 0 aliphatic heterocycles. The zero-order valence-electron chi connectivity index (χ0n) is 5.70. The van der Waals surface area contributed by atoms with Gasteiger partial charge in [-0.05, 0) is 6.26 Å². The maximum absolute atomic E-state index is 9.75. The maximum atomic E-state index is 9.75. The molecule has 0 unspecified atom stereocenters. The van der Waals surface area contributed by atoms with Gasteiger partial charge in [0.25, 0.3) is 0 Å². The van der Waals surface area contributed by atoms with Crippen molar-refractivity contribution in [2.24, 2.45) is 0 Å². The summed E-state index contributed by atoms with van der Waals surface area (Å²) in [6.07, 6.45) is 0.644. The van der Waals surface area contributed by atoms with E-state index in [0.29, 0.717) is 12.5 Å². The summed E-state index contributed by atoms with van der Waals surface area (Å²) in [5, 5.41) is 7.99. The quantitative estimate of drug-likeness (QED) is 0.375. The van der Waals surface area contributed by atoms with Crippen LogP contribution in [0, 0.1) is 0 Å². The molecule has 60 valence electrons. The van der Waals surface area contributed by atoms with Gasteiger partial charge in [-0.2, -0.15) is 0 Å². The average molecular weight is 166 g/mol. The molecule has 0 aromatic carbocycles. The fourth-order valence-electron chi connectivity index (χ4n) is 0.330. The average Bonchev–Trinajstić information content (AvgIpc) is 1.87. The van der Waals surface area contributed by atoms with E-state index in [2.05, 4.69) is 4.74 Å². The van der Waals surface area contributed by atoms with E-state index in [-0.39, 0.29) is 6.61 Å². The van der Waals surface area contributed by atoms with Crippen molar-refractivity contribution in [3.63, 3.8) is 0 Å². The normalized spacial score (nSPS) is 9.30. The van der Waals surface area contributed by atoms with E-state index in [1.165, 1.54) is 11.8 Å². The van der Waals surface area contributed by atoms with Crippen molar-refractivity contribution in [1.82, 2.24) is 0 Å². The van der Waals surface area contributed by atoms with E-state index in [1.807, 2.05) is 6.26 Å². The summed E-state index contributed by atoms with van der Waals surface area (Å²) in [4.78, 5) is 9.75. The summed E-state index contributed by atoms with van der Waals surface area (Å²) >= 11 is 1.54. The van der Waals surface area contributed by atoms with Gasteiger partial charge >= 0.3 is 6.16 Å². The highest BCUT2D eigenvalue weighted by Gasteiger charge is 1.93. The van der Waals surface area contributed by atoms with Gasteiger partial charge in [-0.15, -0.1) is 11.8 Å². The number of carboxylic acid groups (broad SMARTS) is 1. The van der Waals surface area contributed by atoms with E-state index < -0.39 is 6.16 Å². The van der Waals surface area contributed by atoms with Crippen LogP contribution in [0.5, 0.6) is 0 Å². The number of hydrogen-bond acceptors (Lipinski definition) is 4. The summed E-state index contributed by atoms with van der Waals surface area (Å²) in [7, 11) is 0. The predicted octanol–water partition coefficient (Wildman–Crippen LogP) is 1.02. The Morgan fingerprint density at radius 3 is 2.80 bits per heavy atom. The number of thioether (sulfide) groups is 1. The molecule has 0 aromatic heterocycles. The summed E-state index contributed by atoms with van der Waals surface area (Å²) in [6.45, 7) is 0.434. The lowest BCUT2D eigenvalue weighted by molar-refractivity contribution is 0.0600. The number of hydrogen-bond donors (Lipinski definition) is 1. The van der Waals surface area contributed by atoms with Gasteiger partial charge in [-0.3, -0.25) is 0 Å². The van der Waals surface area contributed by atoms with E-state index in [1.54, 1.807) is 0 Å². The standard InChI is InChI=1S/C5H10O4S/c1-10-4-8-2-3-9-5(6)7/h2-4H2,1H3,(H,6,7). The third kappa shape index (κ3) is 7.58. The maximum Gasteiger partial charge on any atom is 0.505 e. The first kappa shape index (κ1) is 9.58. The number of rotatable bonds is 5. The van der Waals surface area contributed by atoms with Crippen molar-refractivity contribution < 1.29 is 19.4 Å². The smallest absolute Gasteiger partial charge is 0.450 e. The molecule has 10 heavy (non-hydrogen) atoms. The Kier molecular flexibility index (Phi) is 6.42. The molecular formula is C5H10O4S. The number of ether oxygens (including phenoxy) is 2. The lowest BCUT2D eigenvalue weighted by Crippen LogP contribution is -2.07.